The normalized spacial score (nSPS) is 36.0. The third-order valence-electron chi connectivity index (χ3n) is 8.55. The van der Waals surface area contributed by atoms with Gasteiger partial charge in [0.15, 0.2) is 0 Å². The van der Waals surface area contributed by atoms with E-state index in [-0.39, 0.29) is 0 Å². The Morgan fingerprint density at radius 2 is 1.29 bits per heavy atom. The predicted molar refractivity (Wildman–Crippen MR) is 126 cm³/mol. The molecule has 0 aromatic carbocycles. The highest BCUT2D eigenvalue weighted by molar-refractivity contribution is 4.99. The molecule has 3 saturated carbocycles. The summed E-state index contributed by atoms with van der Waals surface area (Å²) in [5.74, 6) is 7.10. The van der Waals surface area contributed by atoms with Gasteiger partial charge in [-0.25, -0.2) is 0 Å². The van der Waals surface area contributed by atoms with Crippen molar-refractivity contribution in [2.45, 2.75) is 121 Å². The zero-order chi connectivity index (χ0) is 21.5. The minimum atomic E-state index is 0.525. The fraction of sp³-hybridized carbons (Fsp3) is 1.00. The van der Waals surface area contributed by atoms with E-state index < -0.39 is 0 Å². The van der Waals surface area contributed by atoms with Gasteiger partial charge in [-0.2, -0.15) is 0 Å². The summed E-state index contributed by atoms with van der Waals surface area (Å²) in [5.41, 5.74) is 1.62. The van der Waals surface area contributed by atoms with Crippen molar-refractivity contribution in [3.8, 4) is 0 Å². The van der Waals surface area contributed by atoms with Crippen LogP contribution in [0.1, 0.15) is 121 Å². The van der Waals surface area contributed by atoms with E-state index in [9.17, 15) is 0 Å². The first-order valence-electron chi connectivity index (χ1n) is 12.6. The van der Waals surface area contributed by atoms with Crippen LogP contribution in [0.25, 0.3) is 0 Å². The zero-order valence-electron chi connectivity index (χ0n) is 21.5. The van der Waals surface area contributed by atoms with Crippen LogP contribution in [0.15, 0.2) is 0 Å². The molecule has 3 aliphatic rings. The largest absolute Gasteiger partial charge is 0.0625 e. The predicted octanol–water partition coefficient (Wildman–Crippen LogP) is 9.24. The molecule has 0 amide bonds. The van der Waals surface area contributed by atoms with E-state index >= 15 is 0 Å². The Hall–Kier alpha value is 0. The Morgan fingerprint density at radius 1 is 0.679 bits per heavy atom. The maximum atomic E-state index is 2.43. The molecule has 28 heavy (non-hydrogen) atoms. The van der Waals surface area contributed by atoms with Crippen LogP contribution in [0.4, 0.5) is 0 Å². The van der Waals surface area contributed by atoms with Gasteiger partial charge in [-0.3, -0.25) is 0 Å². The van der Waals surface area contributed by atoms with E-state index in [1.807, 2.05) is 0 Å². The van der Waals surface area contributed by atoms with Crippen LogP contribution in [0, 0.1) is 57.7 Å². The van der Waals surface area contributed by atoms with Gasteiger partial charge in [0.1, 0.15) is 0 Å². The van der Waals surface area contributed by atoms with Crippen molar-refractivity contribution >= 4 is 0 Å². The average Bonchev–Trinajstić information content (AvgIpc) is 3.18. The summed E-state index contributed by atoms with van der Waals surface area (Å²) in [6.07, 6.45) is 10.4. The van der Waals surface area contributed by atoms with Crippen molar-refractivity contribution in [2.75, 3.05) is 0 Å². The molecule has 0 saturated heterocycles. The van der Waals surface area contributed by atoms with Gasteiger partial charge in [-0.15, -0.1) is 0 Å². The second kappa shape index (κ2) is 8.63. The molecule has 166 valence electrons. The molecular weight excluding hydrogens is 336 g/mol. The quantitative estimate of drug-likeness (QED) is 0.440. The highest BCUT2D eigenvalue weighted by atomic mass is 14.5. The smallest absolute Gasteiger partial charge is 0.0334 e. The maximum absolute atomic E-state index is 2.43. The van der Waals surface area contributed by atoms with Crippen LogP contribution in [0.3, 0.4) is 0 Å². The molecule has 2 bridgehead atoms. The summed E-state index contributed by atoms with van der Waals surface area (Å²) in [5, 5.41) is 0. The summed E-state index contributed by atoms with van der Waals surface area (Å²) < 4.78 is 0. The summed E-state index contributed by atoms with van der Waals surface area (Å²) in [4.78, 5) is 0. The van der Waals surface area contributed by atoms with Crippen molar-refractivity contribution in [1.29, 1.82) is 0 Å². The van der Waals surface area contributed by atoms with Crippen molar-refractivity contribution in [3.05, 3.63) is 0 Å². The molecule has 0 aromatic rings. The van der Waals surface area contributed by atoms with Gasteiger partial charge in [0.25, 0.3) is 0 Å². The average molecular weight is 391 g/mol. The van der Waals surface area contributed by atoms with Crippen LogP contribution >= 0.6 is 0 Å². The Balaban J connectivity index is 0.000000200. The lowest BCUT2D eigenvalue weighted by molar-refractivity contribution is 0.119. The van der Waals surface area contributed by atoms with E-state index in [1.54, 1.807) is 6.42 Å². The van der Waals surface area contributed by atoms with Crippen molar-refractivity contribution in [2.24, 2.45) is 57.7 Å². The molecule has 0 N–H and O–H groups in total. The summed E-state index contributed by atoms with van der Waals surface area (Å²) in [7, 11) is 0. The van der Waals surface area contributed by atoms with Crippen LogP contribution in [-0.4, -0.2) is 0 Å². The lowest BCUT2D eigenvalue weighted by atomic mass is 9.68. The topological polar surface area (TPSA) is 0 Å². The van der Waals surface area contributed by atoms with Gasteiger partial charge >= 0.3 is 0 Å². The molecule has 3 fully saturated rings. The molecule has 3 aliphatic carbocycles. The summed E-state index contributed by atoms with van der Waals surface area (Å²) in [6, 6.07) is 0. The van der Waals surface area contributed by atoms with Gasteiger partial charge in [-0.1, -0.05) is 82.6 Å². The minimum Gasteiger partial charge on any atom is -0.0625 e. The summed E-state index contributed by atoms with van der Waals surface area (Å²) >= 11 is 0. The maximum Gasteiger partial charge on any atom is -0.0334 e. The highest BCUT2D eigenvalue weighted by Gasteiger charge is 2.49. The molecule has 6 atom stereocenters. The molecule has 3 rings (SSSR count). The van der Waals surface area contributed by atoms with Crippen molar-refractivity contribution in [3.63, 3.8) is 0 Å². The molecule has 0 radical (unpaired) electrons. The standard InChI is InChI=1S/C14H26.C14H28/c1-9(2)12-7-11-6-10(12)8-13(11)14(3,4)5;1-13(2,3)10-11-7-8-12(9-11)14(4,5)6/h9-13H,6-8H2,1-5H3;11-12H,7-10H2,1-6H3/t10-,11-,12?,13?;/m1./s1. The SMILES string of the molecule is CC(C)(C)CC1CCC(C(C)(C)C)C1.CC(C)C1C[C@H]2C[C@@H]1CC2C(C)(C)C. The Kier molecular flexibility index (Phi) is 7.48. The van der Waals surface area contributed by atoms with Crippen LogP contribution in [0.2, 0.25) is 0 Å². The lowest BCUT2D eigenvalue weighted by Gasteiger charge is -2.37. The number of fused-ring (bicyclic) bond motifs is 2. The van der Waals surface area contributed by atoms with Crippen molar-refractivity contribution in [1.82, 2.24) is 0 Å². The number of hydrogen-bond acceptors (Lipinski definition) is 0. The Bertz CT molecular complexity index is 478. The number of hydrogen-bond donors (Lipinski definition) is 0. The zero-order valence-corrected chi connectivity index (χ0v) is 21.5. The first kappa shape index (κ1) is 24.3. The number of rotatable bonds is 2. The Morgan fingerprint density at radius 3 is 1.64 bits per heavy atom. The van der Waals surface area contributed by atoms with Gasteiger partial charge < -0.3 is 0 Å². The summed E-state index contributed by atoms with van der Waals surface area (Å²) in [6.45, 7) is 26.4. The molecule has 0 heterocycles. The van der Waals surface area contributed by atoms with Crippen LogP contribution in [-0.2, 0) is 0 Å². The van der Waals surface area contributed by atoms with Gasteiger partial charge in [0, 0.05) is 0 Å². The molecule has 0 spiro atoms. The second-order valence-electron chi connectivity index (χ2n) is 14.6. The first-order valence-corrected chi connectivity index (χ1v) is 12.6. The van der Waals surface area contributed by atoms with E-state index in [4.69, 9.17) is 0 Å². The van der Waals surface area contributed by atoms with Gasteiger partial charge in [-0.05, 0) is 96.2 Å². The van der Waals surface area contributed by atoms with E-state index in [2.05, 4.69) is 76.2 Å². The molecule has 4 unspecified atom stereocenters. The van der Waals surface area contributed by atoms with E-state index in [0.717, 1.165) is 41.4 Å². The van der Waals surface area contributed by atoms with Gasteiger partial charge in [0.2, 0.25) is 0 Å². The fourth-order valence-electron chi connectivity index (χ4n) is 7.11. The molecule has 0 aromatic heterocycles. The lowest BCUT2D eigenvalue weighted by Crippen LogP contribution is -2.29. The van der Waals surface area contributed by atoms with E-state index in [0.29, 0.717) is 16.2 Å². The Labute approximate surface area is 179 Å². The molecule has 0 aliphatic heterocycles. The molecule has 0 nitrogen and oxygen atoms in total. The highest BCUT2D eigenvalue weighted by Crippen LogP contribution is 2.58. The first-order chi connectivity index (χ1) is 12.6. The van der Waals surface area contributed by atoms with Gasteiger partial charge in [0.05, 0.1) is 0 Å². The monoisotopic (exact) mass is 390 g/mol. The van der Waals surface area contributed by atoms with Crippen molar-refractivity contribution < 1.29 is 0 Å². The third-order valence-corrected chi connectivity index (χ3v) is 8.55. The van der Waals surface area contributed by atoms with Crippen LogP contribution in [0.5, 0.6) is 0 Å². The third kappa shape index (κ3) is 6.50. The fourth-order valence-corrected chi connectivity index (χ4v) is 7.11. The van der Waals surface area contributed by atoms with Crippen LogP contribution < -0.4 is 0 Å². The molecular formula is C28H54. The minimum absolute atomic E-state index is 0.525. The second-order valence-corrected chi connectivity index (χ2v) is 14.6. The van der Waals surface area contributed by atoms with E-state index in [1.165, 1.54) is 38.5 Å². The molecule has 0 heteroatoms.